The third kappa shape index (κ3) is 4.86. The predicted octanol–water partition coefficient (Wildman–Crippen LogP) is 0.683. The smallest absolute Gasteiger partial charge is 0.348 e. The molecule has 2 heterocycles. The van der Waals surface area contributed by atoms with Gasteiger partial charge in [-0.05, 0) is 32.6 Å². The summed E-state index contributed by atoms with van der Waals surface area (Å²) in [5.74, 6) is 0.300. The Bertz CT molecular complexity index is 686. The second-order valence-electron chi connectivity index (χ2n) is 6.68. The molecule has 0 radical (unpaired) electrons. The standard InChI is InChI=1S/C18H28N4O3S/c1-2-19-16(23)13-26-17-14-5-3-6-15(14)22(18(24)20-17)8-4-7-21-9-11-25-12-10-21/h2-13H2,1H3,(H,19,23). The molecule has 1 aliphatic heterocycles. The highest BCUT2D eigenvalue weighted by atomic mass is 32.2. The summed E-state index contributed by atoms with van der Waals surface area (Å²) in [6, 6.07) is 0. The third-order valence-corrected chi connectivity index (χ3v) is 5.89. The fourth-order valence-corrected chi connectivity index (χ4v) is 4.50. The van der Waals surface area contributed by atoms with Crippen molar-refractivity contribution in [1.29, 1.82) is 0 Å². The van der Waals surface area contributed by atoms with Crippen LogP contribution in [0.4, 0.5) is 0 Å². The van der Waals surface area contributed by atoms with Gasteiger partial charge in [0.2, 0.25) is 5.91 Å². The summed E-state index contributed by atoms with van der Waals surface area (Å²) in [7, 11) is 0. The first-order chi connectivity index (χ1) is 12.7. The minimum Gasteiger partial charge on any atom is -0.379 e. The number of rotatable bonds is 8. The van der Waals surface area contributed by atoms with Crippen molar-refractivity contribution in [3.8, 4) is 0 Å². The lowest BCUT2D eigenvalue weighted by Gasteiger charge is -2.26. The molecule has 26 heavy (non-hydrogen) atoms. The normalized spacial score (nSPS) is 17.3. The van der Waals surface area contributed by atoms with Gasteiger partial charge in [0.1, 0.15) is 5.03 Å². The zero-order valence-corrected chi connectivity index (χ0v) is 16.3. The minimum absolute atomic E-state index is 0.0132. The maximum absolute atomic E-state index is 12.6. The Kier molecular flexibility index (Phi) is 7.10. The molecule has 1 N–H and O–H groups in total. The summed E-state index contributed by atoms with van der Waals surface area (Å²) >= 11 is 1.38. The van der Waals surface area contributed by atoms with E-state index in [9.17, 15) is 9.59 Å². The number of morpholine rings is 1. The number of hydrogen-bond acceptors (Lipinski definition) is 6. The molecule has 0 unspecified atom stereocenters. The highest BCUT2D eigenvalue weighted by Gasteiger charge is 2.22. The van der Waals surface area contributed by atoms with E-state index >= 15 is 0 Å². The second-order valence-corrected chi connectivity index (χ2v) is 7.64. The molecule has 1 saturated heterocycles. The van der Waals surface area contributed by atoms with Gasteiger partial charge in [0.05, 0.1) is 19.0 Å². The molecule has 144 valence electrons. The third-order valence-electron chi connectivity index (χ3n) is 4.87. The van der Waals surface area contributed by atoms with E-state index in [0.29, 0.717) is 18.8 Å². The lowest BCUT2D eigenvalue weighted by Crippen LogP contribution is -2.37. The Morgan fingerprint density at radius 1 is 1.27 bits per heavy atom. The monoisotopic (exact) mass is 380 g/mol. The Labute approximate surface area is 158 Å². The molecule has 0 aromatic carbocycles. The molecule has 1 aliphatic carbocycles. The van der Waals surface area contributed by atoms with Crippen LogP contribution in [0.15, 0.2) is 9.82 Å². The number of carbonyl (C=O) groups excluding carboxylic acids is 1. The molecule has 0 atom stereocenters. The summed E-state index contributed by atoms with van der Waals surface area (Å²) in [4.78, 5) is 30.9. The zero-order chi connectivity index (χ0) is 18.4. The minimum atomic E-state index is -0.175. The van der Waals surface area contributed by atoms with E-state index in [0.717, 1.165) is 69.3 Å². The van der Waals surface area contributed by atoms with Gasteiger partial charge in [-0.25, -0.2) is 4.79 Å². The lowest BCUT2D eigenvalue weighted by atomic mass is 10.2. The first kappa shape index (κ1) is 19.4. The van der Waals surface area contributed by atoms with Gasteiger partial charge >= 0.3 is 5.69 Å². The lowest BCUT2D eigenvalue weighted by molar-refractivity contribution is -0.118. The average Bonchev–Trinajstić information content (AvgIpc) is 3.13. The molecule has 1 aromatic heterocycles. The van der Waals surface area contributed by atoms with Crippen LogP contribution >= 0.6 is 11.8 Å². The number of hydrogen-bond donors (Lipinski definition) is 1. The van der Waals surface area contributed by atoms with Gasteiger partial charge in [-0.3, -0.25) is 14.3 Å². The molecule has 0 spiro atoms. The number of nitrogens with zero attached hydrogens (tertiary/aromatic N) is 3. The number of ether oxygens (including phenoxy) is 1. The van der Waals surface area contributed by atoms with Gasteiger partial charge in [-0.2, -0.15) is 4.98 Å². The number of thioether (sulfide) groups is 1. The van der Waals surface area contributed by atoms with Crippen LogP contribution in [-0.2, 0) is 28.9 Å². The van der Waals surface area contributed by atoms with Gasteiger partial charge in [-0.1, -0.05) is 11.8 Å². The van der Waals surface area contributed by atoms with Crippen molar-refractivity contribution in [3.63, 3.8) is 0 Å². The molecular weight excluding hydrogens is 352 g/mol. The Morgan fingerprint density at radius 3 is 2.85 bits per heavy atom. The first-order valence-corrected chi connectivity index (χ1v) is 10.5. The van der Waals surface area contributed by atoms with Crippen LogP contribution in [0.1, 0.15) is 31.0 Å². The Morgan fingerprint density at radius 2 is 2.08 bits per heavy atom. The molecule has 2 aliphatic rings. The maximum Gasteiger partial charge on any atom is 0.348 e. The summed E-state index contributed by atoms with van der Waals surface area (Å²) in [5, 5.41) is 3.53. The summed E-state index contributed by atoms with van der Waals surface area (Å²) in [6.45, 7) is 7.77. The number of carbonyl (C=O) groups is 1. The van der Waals surface area contributed by atoms with Crippen LogP contribution in [0.25, 0.3) is 0 Å². The second kappa shape index (κ2) is 9.53. The van der Waals surface area contributed by atoms with E-state index in [-0.39, 0.29) is 11.6 Å². The van der Waals surface area contributed by atoms with Crippen molar-refractivity contribution in [2.45, 2.75) is 44.2 Å². The van der Waals surface area contributed by atoms with Crippen molar-refractivity contribution in [3.05, 3.63) is 21.7 Å². The largest absolute Gasteiger partial charge is 0.379 e. The van der Waals surface area contributed by atoms with Crippen molar-refractivity contribution in [1.82, 2.24) is 19.8 Å². The molecule has 1 amide bonds. The fraction of sp³-hybridized carbons (Fsp3) is 0.722. The topological polar surface area (TPSA) is 76.5 Å². The van der Waals surface area contributed by atoms with Crippen molar-refractivity contribution < 1.29 is 9.53 Å². The average molecular weight is 381 g/mol. The van der Waals surface area contributed by atoms with Crippen molar-refractivity contribution >= 4 is 17.7 Å². The summed E-state index contributed by atoms with van der Waals surface area (Å²) in [5.41, 5.74) is 2.13. The molecule has 8 heteroatoms. The predicted molar refractivity (Wildman–Crippen MR) is 102 cm³/mol. The van der Waals surface area contributed by atoms with Gasteiger partial charge < -0.3 is 10.1 Å². The first-order valence-electron chi connectivity index (χ1n) is 9.51. The van der Waals surface area contributed by atoms with Gasteiger partial charge in [-0.15, -0.1) is 0 Å². The van der Waals surface area contributed by atoms with Crippen molar-refractivity contribution in [2.75, 3.05) is 45.1 Å². The highest BCUT2D eigenvalue weighted by Crippen LogP contribution is 2.29. The van der Waals surface area contributed by atoms with Crippen LogP contribution in [-0.4, -0.2) is 65.5 Å². The van der Waals surface area contributed by atoms with E-state index in [1.807, 2.05) is 11.5 Å². The van der Waals surface area contributed by atoms with Crippen LogP contribution in [0.2, 0.25) is 0 Å². The van der Waals surface area contributed by atoms with Crippen LogP contribution < -0.4 is 11.0 Å². The fourth-order valence-electron chi connectivity index (χ4n) is 3.60. The van der Waals surface area contributed by atoms with Crippen LogP contribution in [0.3, 0.4) is 0 Å². The Balaban J connectivity index is 1.64. The van der Waals surface area contributed by atoms with E-state index < -0.39 is 0 Å². The molecular formula is C18H28N4O3S. The van der Waals surface area contributed by atoms with Crippen LogP contribution in [0, 0.1) is 0 Å². The van der Waals surface area contributed by atoms with E-state index in [1.165, 1.54) is 17.3 Å². The quantitative estimate of drug-likeness (QED) is 0.528. The molecule has 0 bridgehead atoms. The van der Waals surface area contributed by atoms with E-state index in [4.69, 9.17) is 4.74 Å². The Hall–Kier alpha value is -1.38. The summed E-state index contributed by atoms with van der Waals surface area (Å²) in [6.07, 6.45) is 3.88. The molecule has 7 nitrogen and oxygen atoms in total. The van der Waals surface area contributed by atoms with Gasteiger partial charge in [0.25, 0.3) is 0 Å². The van der Waals surface area contributed by atoms with Gasteiger partial charge in [0.15, 0.2) is 0 Å². The van der Waals surface area contributed by atoms with Gasteiger partial charge in [0, 0.05) is 44.0 Å². The number of nitrogens with one attached hydrogen (secondary N) is 1. The number of fused-ring (bicyclic) bond motifs is 1. The van der Waals surface area contributed by atoms with Crippen molar-refractivity contribution in [2.24, 2.45) is 0 Å². The summed E-state index contributed by atoms with van der Waals surface area (Å²) < 4.78 is 7.23. The zero-order valence-electron chi connectivity index (χ0n) is 15.5. The van der Waals surface area contributed by atoms with E-state index in [2.05, 4.69) is 15.2 Å². The van der Waals surface area contributed by atoms with Crippen LogP contribution in [0.5, 0.6) is 0 Å². The number of amides is 1. The van der Waals surface area contributed by atoms with E-state index in [1.54, 1.807) is 0 Å². The maximum atomic E-state index is 12.6. The molecule has 0 saturated carbocycles. The molecule has 1 aromatic rings. The number of aromatic nitrogens is 2. The highest BCUT2D eigenvalue weighted by molar-refractivity contribution is 7.99. The molecule has 3 rings (SSSR count). The molecule has 1 fully saturated rings. The SMILES string of the molecule is CCNC(=O)CSc1nc(=O)n(CCCN2CCOCC2)c2c1CCC2.